The summed E-state index contributed by atoms with van der Waals surface area (Å²) in [4.78, 5) is 10.5. The maximum Gasteiger partial charge on any atom is 0.303 e. The highest BCUT2D eigenvalue weighted by atomic mass is 35.5. The minimum absolute atomic E-state index is 0.0504. The largest absolute Gasteiger partial charge is 0.481 e. The Labute approximate surface area is 120 Å². The predicted octanol–water partition coefficient (Wildman–Crippen LogP) is 2.88. The van der Waals surface area contributed by atoms with Gasteiger partial charge in [0.2, 0.25) is 5.89 Å². The van der Waals surface area contributed by atoms with Crippen LogP contribution in [0.5, 0.6) is 5.75 Å². The minimum atomic E-state index is -0.909. The third kappa shape index (κ3) is 3.96. The molecule has 2 rings (SSSR count). The molecule has 0 saturated heterocycles. The van der Waals surface area contributed by atoms with E-state index < -0.39 is 12.1 Å². The van der Waals surface area contributed by atoms with Gasteiger partial charge < -0.3 is 14.3 Å². The third-order valence-corrected chi connectivity index (χ3v) is 2.73. The highest BCUT2D eigenvalue weighted by Gasteiger charge is 2.16. The lowest BCUT2D eigenvalue weighted by molar-refractivity contribution is -0.137. The average molecular weight is 297 g/mol. The number of aliphatic carboxylic acids is 1. The molecule has 0 radical (unpaired) electrons. The molecule has 1 heterocycles. The summed E-state index contributed by atoms with van der Waals surface area (Å²) in [6.45, 7) is 1.76. The average Bonchev–Trinajstić information content (AvgIpc) is 2.85. The van der Waals surface area contributed by atoms with Gasteiger partial charge in [-0.1, -0.05) is 17.7 Å². The Kier molecular flexibility index (Phi) is 4.57. The van der Waals surface area contributed by atoms with Gasteiger partial charge in [0, 0.05) is 11.4 Å². The van der Waals surface area contributed by atoms with E-state index in [2.05, 4.69) is 10.2 Å². The predicted molar refractivity (Wildman–Crippen MR) is 70.7 cm³/mol. The number of carbonyl (C=O) groups is 1. The van der Waals surface area contributed by atoms with Crippen LogP contribution in [0.3, 0.4) is 0 Å². The molecule has 1 N–H and O–H groups in total. The molecule has 0 bridgehead atoms. The minimum Gasteiger partial charge on any atom is -0.481 e. The topological polar surface area (TPSA) is 85.5 Å². The van der Waals surface area contributed by atoms with Gasteiger partial charge in [0.25, 0.3) is 5.89 Å². The highest BCUT2D eigenvalue weighted by Crippen LogP contribution is 2.23. The van der Waals surface area contributed by atoms with E-state index in [1.807, 2.05) is 0 Å². The van der Waals surface area contributed by atoms with Crippen molar-refractivity contribution < 1.29 is 19.1 Å². The molecule has 106 valence electrons. The molecule has 0 amide bonds. The van der Waals surface area contributed by atoms with E-state index in [0.29, 0.717) is 16.7 Å². The number of hydrogen-bond donors (Lipinski definition) is 1. The first-order valence-electron chi connectivity index (χ1n) is 6.01. The van der Waals surface area contributed by atoms with E-state index in [9.17, 15) is 4.79 Å². The molecule has 0 aliphatic carbocycles. The van der Waals surface area contributed by atoms with Gasteiger partial charge in [0.15, 0.2) is 6.10 Å². The Hall–Kier alpha value is -2.08. The van der Waals surface area contributed by atoms with Gasteiger partial charge in [-0.3, -0.25) is 4.79 Å². The van der Waals surface area contributed by atoms with Crippen molar-refractivity contribution in [1.29, 1.82) is 0 Å². The van der Waals surface area contributed by atoms with Gasteiger partial charge in [0.1, 0.15) is 5.75 Å². The Morgan fingerprint density at radius 1 is 1.50 bits per heavy atom. The lowest BCUT2D eigenvalue weighted by atomic mass is 10.3. The lowest BCUT2D eigenvalue weighted by Crippen LogP contribution is -2.03. The van der Waals surface area contributed by atoms with Crippen molar-refractivity contribution in [2.75, 3.05) is 0 Å². The number of hydrogen-bond acceptors (Lipinski definition) is 5. The summed E-state index contributed by atoms with van der Waals surface area (Å²) in [7, 11) is 0. The van der Waals surface area contributed by atoms with Gasteiger partial charge in [-0.2, -0.15) is 0 Å². The Morgan fingerprint density at radius 2 is 2.30 bits per heavy atom. The summed E-state index contributed by atoms with van der Waals surface area (Å²) in [5, 5.41) is 16.8. The van der Waals surface area contributed by atoms with E-state index in [1.165, 1.54) is 0 Å². The standard InChI is InChI=1S/C13H13ClN2O4/c1-8(19-10-4-2-3-9(14)7-10)13-16-15-11(20-13)5-6-12(17)18/h2-4,7-8H,5-6H2,1H3,(H,17,18). The molecule has 0 saturated carbocycles. The van der Waals surface area contributed by atoms with Crippen molar-refractivity contribution >= 4 is 17.6 Å². The maximum atomic E-state index is 10.5. The monoisotopic (exact) mass is 296 g/mol. The van der Waals surface area contributed by atoms with Crippen LogP contribution in [0.1, 0.15) is 31.2 Å². The molecule has 0 fully saturated rings. The molecule has 6 nitrogen and oxygen atoms in total. The van der Waals surface area contributed by atoms with Crippen molar-refractivity contribution in [2.24, 2.45) is 0 Å². The molecular weight excluding hydrogens is 284 g/mol. The second-order valence-corrected chi connectivity index (χ2v) is 4.58. The van der Waals surface area contributed by atoms with Crippen LogP contribution in [-0.2, 0) is 11.2 Å². The van der Waals surface area contributed by atoms with Gasteiger partial charge in [0.05, 0.1) is 6.42 Å². The quantitative estimate of drug-likeness (QED) is 0.882. The number of nitrogens with zero attached hydrogens (tertiary/aromatic N) is 2. The fourth-order valence-corrected chi connectivity index (χ4v) is 1.72. The van der Waals surface area contributed by atoms with E-state index in [-0.39, 0.29) is 18.7 Å². The molecule has 1 atom stereocenters. The smallest absolute Gasteiger partial charge is 0.303 e. The molecule has 0 spiro atoms. The zero-order valence-corrected chi connectivity index (χ0v) is 11.5. The highest BCUT2D eigenvalue weighted by molar-refractivity contribution is 6.30. The Balaban J connectivity index is 1.98. The van der Waals surface area contributed by atoms with Crippen LogP contribution < -0.4 is 4.74 Å². The normalized spacial score (nSPS) is 12.1. The summed E-state index contributed by atoms with van der Waals surface area (Å²) < 4.78 is 11.0. The molecule has 2 aromatic rings. The number of aromatic nitrogens is 2. The Morgan fingerprint density at radius 3 is 3.00 bits per heavy atom. The fourth-order valence-electron chi connectivity index (χ4n) is 1.54. The fraction of sp³-hybridized carbons (Fsp3) is 0.308. The van der Waals surface area contributed by atoms with Crippen LogP contribution >= 0.6 is 11.6 Å². The first kappa shape index (κ1) is 14.3. The molecule has 20 heavy (non-hydrogen) atoms. The second-order valence-electron chi connectivity index (χ2n) is 4.15. The van der Waals surface area contributed by atoms with Crippen LogP contribution in [0.2, 0.25) is 5.02 Å². The number of halogens is 1. The van der Waals surface area contributed by atoms with Gasteiger partial charge >= 0.3 is 5.97 Å². The van der Waals surface area contributed by atoms with Crippen molar-refractivity contribution in [3.05, 3.63) is 41.1 Å². The van der Waals surface area contributed by atoms with E-state index in [4.69, 9.17) is 25.9 Å². The third-order valence-electron chi connectivity index (χ3n) is 2.49. The molecule has 7 heteroatoms. The number of carboxylic acid groups (broad SMARTS) is 1. The number of benzene rings is 1. The van der Waals surface area contributed by atoms with Crippen LogP contribution in [0, 0.1) is 0 Å². The van der Waals surface area contributed by atoms with Gasteiger partial charge in [-0.15, -0.1) is 10.2 Å². The summed E-state index contributed by atoms with van der Waals surface area (Å²) in [6, 6.07) is 6.97. The van der Waals surface area contributed by atoms with Crippen molar-refractivity contribution in [3.63, 3.8) is 0 Å². The summed E-state index contributed by atoms with van der Waals surface area (Å²) >= 11 is 5.86. The van der Waals surface area contributed by atoms with Gasteiger partial charge in [-0.25, -0.2) is 0 Å². The maximum absolute atomic E-state index is 10.5. The SMILES string of the molecule is CC(Oc1cccc(Cl)c1)c1nnc(CCC(=O)O)o1. The number of carboxylic acids is 1. The first-order chi connectivity index (χ1) is 9.54. The van der Waals surface area contributed by atoms with E-state index in [0.717, 1.165) is 0 Å². The van der Waals surface area contributed by atoms with Gasteiger partial charge in [-0.05, 0) is 25.1 Å². The summed E-state index contributed by atoms with van der Waals surface area (Å²) in [6.07, 6.45) is -0.295. The van der Waals surface area contributed by atoms with Crippen molar-refractivity contribution in [3.8, 4) is 5.75 Å². The van der Waals surface area contributed by atoms with E-state index >= 15 is 0 Å². The molecule has 1 unspecified atom stereocenters. The van der Waals surface area contributed by atoms with Crippen molar-refractivity contribution in [2.45, 2.75) is 25.9 Å². The number of aryl methyl sites for hydroxylation is 1. The van der Waals surface area contributed by atoms with Crippen molar-refractivity contribution in [1.82, 2.24) is 10.2 Å². The summed E-state index contributed by atoms with van der Waals surface area (Å²) in [5.74, 6) is 0.262. The zero-order chi connectivity index (χ0) is 14.5. The molecule has 1 aromatic carbocycles. The molecular formula is C13H13ClN2O4. The van der Waals surface area contributed by atoms with E-state index in [1.54, 1.807) is 31.2 Å². The summed E-state index contributed by atoms with van der Waals surface area (Å²) in [5.41, 5.74) is 0. The van der Waals surface area contributed by atoms with Crippen LogP contribution in [0.15, 0.2) is 28.7 Å². The van der Waals surface area contributed by atoms with Crippen LogP contribution in [0.25, 0.3) is 0 Å². The van der Waals surface area contributed by atoms with Crippen LogP contribution in [-0.4, -0.2) is 21.3 Å². The number of ether oxygens (including phenoxy) is 1. The zero-order valence-electron chi connectivity index (χ0n) is 10.7. The number of rotatable bonds is 6. The lowest BCUT2D eigenvalue weighted by Gasteiger charge is -2.10. The molecule has 0 aliphatic heterocycles. The molecule has 1 aromatic heterocycles. The Bertz CT molecular complexity index is 600. The molecule has 0 aliphatic rings. The first-order valence-corrected chi connectivity index (χ1v) is 6.38. The second kappa shape index (κ2) is 6.38. The van der Waals surface area contributed by atoms with Crippen LogP contribution in [0.4, 0.5) is 0 Å².